The molecule has 1 heterocycles. The topological polar surface area (TPSA) is 76.4 Å². The summed E-state index contributed by atoms with van der Waals surface area (Å²) in [5, 5.41) is 3.29. The number of ketones is 1. The van der Waals surface area contributed by atoms with Gasteiger partial charge in [0.05, 0.1) is 11.7 Å². The summed E-state index contributed by atoms with van der Waals surface area (Å²) in [4.78, 5) is 37.7. The van der Waals surface area contributed by atoms with E-state index in [4.69, 9.17) is 4.42 Å². The lowest BCUT2D eigenvalue weighted by atomic mass is 9.82. The molecule has 5 nitrogen and oxygen atoms in total. The SMILES string of the molecule is C=C.C=C1CCc2cccc(Cc3c(N[C@@H](c4ccc(C)o4)C(C)(C)C)c(=O)c3=O)c2C1=O. The minimum absolute atomic E-state index is 0.0660. The summed E-state index contributed by atoms with van der Waals surface area (Å²) in [6.45, 7) is 17.9. The number of carbonyl (C=O) groups excluding carboxylic acids is 1. The Morgan fingerprint density at radius 1 is 1.03 bits per heavy atom. The molecular weight excluding hydrogens is 414 g/mol. The highest BCUT2D eigenvalue weighted by Gasteiger charge is 2.33. The number of carbonyl (C=O) groups is 1. The molecule has 5 heteroatoms. The third-order valence-electron chi connectivity index (χ3n) is 6.06. The van der Waals surface area contributed by atoms with Gasteiger partial charge in [-0.3, -0.25) is 14.4 Å². The standard InChI is InChI=1S/C26H27NO4.C2H4/c1-14-9-11-16-7-6-8-17(20(16)22(14)28)13-18-21(24(30)23(18)29)27-25(26(3,4)5)19-12-10-15(2)31-19;1-2/h6-8,10,12,25,27H,1,9,11,13H2,2-5H3;1-2H2/t25-;/m0./s1. The Kier molecular flexibility index (Phi) is 6.73. The second kappa shape index (κ2) is 9.18. The molecule has 1 aromatic heterocycles. The number of nitrogens with one attached hydrogen (secondary N) is 1. The molecule has 0 aliphatic heterocycles. The van der Waals surface area contributed by atoms with Crippen molar-refractivity contribution >= 4 is 11.5 Å². The smallest absolute Gasteiger partial charge is 0.249 e. The molecular formula is C28H31NO4. The number of Topliss-reactive ketones (excluding diaryl/α,β-unsaturated/α-hetero) is 1. The zero-order chi connectivity index (χ0) is 24.5. The Balaban J connectivity index is 0.00000149. The van der Waals surface area contributed by atoms with Gasteiger partial charge in [0.15, 0.2) is 5.78 Å². The van der Waals surface area contributed by atoms with Crippen molar-refractivity contribution in [2.45, 2.75) is 53.0 Å². The van der Waals surface area contributed by atoms with Crippen LogP contribution in [0.3, 0.4) is 0 Å². The Hall–Kier alpha value is -3.47. The Morgan fingerprint density at radius 3 is 2.33 bits per heavy atom. The predicted octanol–water partition coefficient (Wildman–Crippen LogP) is 5.46. The fraction of sp³-hybridized carbons (Fsp3) is 0.321. The maximum Gasteiger partial charge on any atom is 0.249 e. The van der Waals surface area contributed by atoms with Crippen LogP contribution in [0, 0.1) is 12.3 Å². The van der Waals surface area contributed by atoms with Crippen LogP contribution in [0.25, 0.3) is 0 Å². The van der Waals surface area contributed by atoms with Gasteiger partial charge in [-0.1, -0.05) is 45.5 Å². The molecule has 3 aromatic rings. The zero-order valence-corrected chi connectivity index (χ0v) is 19.8. The molecule has 0 amide bonds. The molecule has 1 N–H and O–H groups in total. The molecule has 1 aliphatic carbocycles. The number of benzene rings is 1. The second-order valence-corrected chi connectivity index (χ2v) is 9.46. The average Bonchev–Trinajstić information content (AvgIpc) is 3.21. The van der Waals surface area contributed by atoms with Crippen molar-refractivity contribution in [3.63, 3.8) is 0 Å². The van der Waals surface area contributed by atoms with Crippen molar-refractivity contribution in [3.05, 3.63) is 110 Å². The van der Waals surface area contributed by atoms with Crippen molar-refractivity contribution in [2.24, 2.45) is 5.41 Å². The highest BCUT2D eigenvalue weighted by atomic mass is 16.3. The van der Waals surface area contributed by atoms with E-state index in [-0.39, 0.29) is 23.7 Å². The first kappa shape index (κ1) is 24.2. The van der Waals surface area contributed by atoms with Gasteiger partial charge in [-0.05, 0) is 54.0 Å². The van der Waals surface area contributed by atoms with Crippen molar-refractivity contribution in [3.8, 4) is 0 Å². The summed E-state index contributed by atoms with van der Waals surface area (Å²) < 4.78 is 5.82. The molecule has 4 rings (SSSR count). The van der Waals surface area contributed by atoms with Crippen molar-refractivity contribution in [1.82, 2.24) is 0 Å². The molecule has 0 bridgehead atoms. The number of allylic oxidation sites excluding steroid dienone is 1. The largest absolute Gasteiger partial charge is 0.464 e. The molecule has 0 saturated heterocycles. The average molecular weight is 446 g/mol. The Labute approximate surface area is 194 Å². The molecule has 2 aromatic carbocycles. The van der Waals surface area contributed by atoms with Gasteiger partial charge in [0.1, 0.15) is 11.5 Å². The number of hydrogen-bond donors (Lipinski definition) is 1. The van der Waals surface area contributed by atoms with Crippen LogP contribution in [0.4, 0.5) is 5.69 Å². The van der Waals surface area contributed by atoms with Crippen LogP contribution in [-0.4, -0.2) is 5.78 Å². The number of fused-ring (bicyclic) bond motifs is 1. The molecule has 0 saturated carbocycles. The van der Waals surface area contributed by atoms with Crippen LogP contribution in [0.1, 0.15) is 71.8 Å². The van der Waals surface area contributed by atoms with Gasteiger partial charge in [-0.15, -0.1) is 13.2 Å². The monoisotopic (exact) mass is 445 g/mol. The lowest BCUT2D eigenvalue weighted by molar-refractivity contribution is 0.102. The fourth-order valence-electron chi connectivity index (χ4n) is 4.29. The molecule has 172 valence electrons. The van der Waals surface area contributed by atoms with Gasteiger partial charge >= 0.3 is 0 Å². The van der Waals surface area contributed by atoms with Crippen LogP contribution in [0.2, 0.25) is 0 Å². The quantitative estimate of drug-likeness (QED) is 0.321. The van der Waals surface area contributed by atoms with E-state index in [9.17, 15) is 14.4 Å². The third-order valence-corrected chi connectivity index (χ3v) is 6.06. The summed E-state index contributed by atoms with van der Waals surface area (Å²) in [6.07, 6.45) is 1.65. The highest BCUT2D eigenvalue weighted by Crippen LogP contribution is 2.37. The van der Waals surface area contributed by atoms with Crippen LogP contribution < -0.4 is 16.2 Å². The van der Waals surface area contributed by atoms with E-state index in [1.165, 1.54) is 0 Å². The van der Waals surface area contributed by atoms with E-state index in [0.717, 1.165) is 23.3 Å². The molecule has 0 unspecified atom stereocenters. The van der Waals surface area contributed by atoms with E-state index in [2.05, 4.69) is 25.1 Å². The molecule has 33 heavy (non-hydrogen) atoms. The highest BCUT2D eigenvalue weighted by molar-refractivity contribution is 6.11. The number of hydrogen-bond acceptors (Lipinski definition) is 5. The first-order valence-electron chi connectivity index (χ1n) is 11.1. The van der Waals surface area contributed by atoms with E-state index in [1.807, 2.05) is 58.0 Å². The lowest BCUT2D eigenvalue weighted by Gasteiger charge is -2.32. The summed E-state index contributed by atoms with van der Waals surface area (Å²) in [7, 11) is 0. The maximum absolute atomic E-state index is 12.8. The van der Waals surface area contributed by atoms with Crippen LogP contribution in [-0.2, 0) is 12.8 Å². The van der Waals surface area contributed by atoms with E-state index in [0.29, 0.717) is 34.6 Å². The van der Waals surface area contributed by atoms with Gasteiger partial charge < -0.3 is 9.73 Å². The second-order valence-electron chi connectivity index (χ2n) is 9.46. The normalized spacial score (nSPS) is 14.4. The molecule has 1 aliphatic rings. The van der Waals surface area contributed by atoms with Gasteiger partial charge in [0, 0.05) is 17.5 Å². The van der Waals surface area contributed by atoms with E-state index >= 15 is 0 Å². The summed E-state index contributed by atoms with van der Waals surface area (Å²) in [5.41, 5.74) is 2.41. The first-order valence-corrected chi connectivity index (χ1v) is 11.1. The van der Waals surface area contributed by atoms with Crippen molar-refractivity contribution in [1.29, 1.82) is 0 Å². The van der Waals surface area contributed by atoms with Crippen LogP contribution in [0.15, 0.2) is 69.6 Å². The van der Waals surface area contributed by atoms with E-state index in [1.54, 1.807) is 0 Å². The minimum atomic E-state index is -0.520. The van der Waals surface area contributed by atoms with Crippen LogP contribution >= 0.6 is 0 Å². The van der Waals surface area contributed by atoms with Gasteiger partial charge in [0.25, 0.3) is 0 Å². The fourth-order valence-corrected chi connectivity index (χ4v) is 4.29. The minimum Gasteiger partial charge on any atom is -0.464 e. The maximum atomic E-state index is 12.8. The molecule has 0 fully saturated rings. The summed E-state index contributed by atoms with van der Waals surface area (Å²) in [5.74, 6) is 1.43. The first-order chi connectivity index (χ1) is 15.6. The van der Waals surface area contributed by atoms with Gasteiger partial charge in [-0.2, -0.15) is 0 Å². The third kappa shape index (κ3) is 4.54. The van der Waals surface area contributed by atoms with E-state index < -0.39 is 10.9 Å². The number of anilines is 1. The Morgan fingerprint density at radius 2 is 1.73 bits per heavy atom. The van der Waals surface area contributed by atoms with Crippen LogP contribution in [0.5, 0.6) is 0 Å². The molecule has 1 atom stereocenters. The molecule has 0 spiro atoms. The lowest BCUT2D eigenvalue weighted by Crippen LogP contribution is -2.41. The molecule has 0 radical (unpaired) electrons. The number of furan rings is 1. The van der Waals surface area contributed by atoms with Gasteiger partial charge in [-0.25, -0.2) is 0 Å². The summed E-state index contributed by atoms with van der Waals surface area (Å²) in [6, 6.07) is 9.19. The van der Waals surface area contributed by atoms with Crippen molar-refractivity contribution in [2.75, 3.05) is 5.32 Å². The zero-order valence-electron chi connectivity index (χ0n) is 19.8. The van der Waals surface area contributed by atoms with Gasteiger partial charge in [0.2, 0.25) is 10.9 Å². The van der Waals surface area contributed by atoms with Crippen molar-refractivity contribution < 1.29 is 9.21 Å². The Bertz CT molecular complexity index is 1280. The predicted molar refractivity (Wildman–Crippen MR) is 133 cm³/mol. The number of rotatable bonds is 5. The summed E-state index contributed by atoms with van der Waals surface area (Å²) >= 11 is 0. The number of aryl methyl sites for hydroxylation is 2.